The van der Waals surface area contributed by atoms with Crippen LogP contribution in [0.25, 0.3) is 0 Å². The maximum atomic E-state index is 5.49. The molecule has 0 saturated carbocycles. The third-order valence-corrected chi connectivity index (χ3v) is 1.61. The van der Waals surface area contributed by atoms with Gasteiger partial charge in [-0.05, 0) is 13.8 Å². The highest BCUT2D eigenvalue weighted by Gasteiger charge is 2.06. The van der Waals surface area contributed by atoms with Crippen LogP contribution in [-0.4, -0.2) is 22.4 Å². The van der Waals surface area contributed by atoms with Crippen molar-refractivity contribution in [1.82, 2.24) is 9.78 Å². The normalized spacial score (nSPS) is 13.0. The number of hydrogen-bond donors (Lipinski definition) is 1. The van der Waals surface area contributed by atoms with Crippen LogP contribution in [0, 0.1) is 6.92 Å². The van der Waals surface area contributed by atoms with Gasteiger partial charge in [-0.15, -0.1) is 0 Å². The summed E-state index contributed by atoms with van der Waals surface area (Å²) in [5.41, 5.74) is 6.38. The molecule has 0 spiro atoms. The van der Waals surface area contributed by atoms with Crippen molar-refractivity contribution in [3.8, 4) is 5.88 Å². The second kappa shape index (κ2) is 3.58. The number of nitrogens with zero attached hydrogens (tertiary/aromatic N) is 2. The smallest absolute Gasteiger partial charge is 0.212 e. The minimum atomic E-state index is 0.0415. The predicted molar refractivity (Wildman–Crippen MR) is 47.1 cm³/mol. The molecule has 1 aromatic heterocycles. The average Bonchev–Trinajstić information content (AvgIpc) is 2.30. The molecule has 0 aromatic carbocycles. The Labute approximate surface area is 72.3 Å². The van der Waals surface area contributed by atoms with Crippen LogP contribution in [0.15, 0.2) is 6.07 Å². The third-order valence-electron chi connectivity index (χ3n) is 1.61. The van der Waals surface area contributed by atoms with Crippen LogP contribution in [0.1, 0.15) is 12.6 Å². The molecule has 1 heterocycles. The molecule has 12 heavy (non-hydrogen) atoms. The van der Waals surface area contributed by atoms with Crippen LogP contribution in [0.5, 0.6) is 5.88 Å². The minimum absolute atomic E-state index is 0.0415. The van der Waals surface area contributed by atoms with Gasteiger partial charge in [0.05, 0.1) is 5.69 Å². The number of ether oxygens (including phenoxy) is 1. The lowest BCUT2D eigenvalue weighted by molar-refractivity contribution is 0.210. The first-order valence-electron chi connectivity index (χ1n) is 4.01. The fourth-order valence-corrected chi connectivity index (χ4v) is 0.951. The summed E-state index contributed by atoms with van der Waals surface area (Å²) in [6.07, 6.45) is 0.0415. The van der Waals surface area contributed by atoms with E-state index in [9.17, 15) is 0 Å². The second-order valence-electron chi connectivity index (χ2n) is 2.91. The summed E-state index contributed by atoms with van der Waals surface area (Å²) in [5.74, 6) is 0.769. The molecule has 0 radical (unpaired) electrons. The van der Waals surface area contributed by atoms with Gasteiger partial charge in [0.15, 0.2) is 0 Å². The lowest BCUT2D eigenvalue weighted by Gasteiger charge is -2.11. The van der Waals surface area contributed by atoms with Crippen molar-refractivity contribution >= 4 is 0 Å². The van der Waals surface area contributed by atoms with E-state index in [1.165, 1.54) is 0 Å². The molecule has 0 bridgehead atoms. The maximum absolute atomic E-state index is 5.49. The molecule has 0 amide bonds. The summed E-state index contributed by atoms with van der Waals surface area (Å²) in [6.45, 7) is 4.38. The highest BCUT2D eigenvalue weighted by Crippen LogP contribution is 2.12. The first-order valence-corrected chi connectivity index (χ1v) is 4.01. The Morgan fingerprint density at radius 2 is 2.42 bits per heavy atom. The van der Waals surface area contributed by atoms with Crippen LogP contribution >= 0.6 is 0 Å². The van der Waals surface area contributed by atoms with E-state index in [1.54, 1.807) is 4.68 Å². The standard InChI is InChI=1S/C8H15N3O/c1-6-4-8(11(3)10-6)12-7(2)5-9/h4,7H,5,9H2,1-3H3. The fourth-order valence-electron chi connectivity index (χ4n) is 0.951. The molecule has 0 saturated heterocycles. The zero-order valence-corrected chi connectivity index (χ0v) is 7.74. The molecule has 0 aliphatic heterocycles. The molecule has 0 aliphatic carbocycles. The molecule has 68 valence electrons. The number of nitrogens with two attached hydrogens (primary N) is 1. The van der Waals surface area contributed by atoms with E-state index in [-0.39, 0.29) is 6.10 Å². The third kappa shape index (κ3) is 1.98. The van der Waals surface area contributed by atoms with E-state index >= 15 is 0 Å². The first kappa shape index (κ1) is 9.06. The van der Waals surface area contributed by atoms with E-state index in [4.69, 9.17) is 10.5 Å². The second-order valence-corrected chi connectivity index (χ2v) is 2.91. The Morgan fingerprint density at radius 1 is 1.75 bits per heavy atom. The van der Waals surface area contributed by atoms with Crippen molar-refractivity contribution in [2.75, 3.05) is 6.54 Å². The average molecular weight is 169 g/mol. The molecule has 0 aliphatic rings. The molecular formula is C8H15N3O. The fraction of sp³-hybridized carbons (Fsp3) is 0.625. The SMILES string of the molecule is Cc1cc(OC(C)CN)n(C)n1. The molecule has 1 unspecified atom stereocenters. The van der Waals surface area contributed by atoms with Crippen LogP contribution in [0.2, 0.25) is 0 Å². The monoisotopic (exact) mass is 169 g/mol. The quantitative estimate of drug-likeness (QED) is 0.715. The summed E-state index contributed by atoms with van der Waals surface area (Å²) in [7, 11) is 1.85. The van der Waals surface area contributed by atoms with Crippen molar-refractivity contribution in [2.45, 2.75) is 20.0 Å². The molecule has 1 rings (SSSR count). The van der Waals surface area contributed by atoms with E-state index < -0.39 is 0 Å². The maximum Gasteiger partial charge on any atom is 0.212 e. The van der Waals surface area contributed by atoms with Gasteiger partial charge in [0.2, 0.25) is 5.88 Å². The number of hydrogen-bond acceptors (Lipinski definition) is 3. The molecule has 1 aromatic rings. The van der Waals surface area contributed by atoms with Crippen molar-refractivity contribution in [3.05, 3.63) is 11.8 Å². The molecular weight excluding hydrogens is 154 g/mol. The van der Waals surface area contributed by atoms with E-state index in [2.05, 4.69) is 5.10 Å². The lowest BCUT2D eigenvalue weighted by Crippen LogP contribution is -2.23. The van der Waals surface area contributed by atoms with Gasteiger partial charge in [0.1, 0.15) is 6.10 Å². The number of rotatable bonds is 3. The Morgan fingerprint density at radius 3 is 2.83 bits per heavy atom. The minimum Gasteiger partial charge on any atom is -0.473 e. The molecule has 4 heteroatoms. The van der Waals surface area contributed by atoms with Gasteiger partial charge in [-0.1, -0.05) is 0 Å². The highest BCUT2D eigenvalue weighted by molar-refractivity contribution is 5.14. The van der Waals surface area contributed by atoms with Crippen LogP contribution in [0.3, 0.4) is 0 Å². The van der Waals surface area contributed by atoms with Gasteiger partial charge in [-0.2, -0.15) is 5.10 Å². The molecule has 1 atom stereocenters. The Bertz CT molecular complexity index is 257. The summed E-state index contributed by atoms with van der Waals surface area (Å²) in [6, 6.07) is 1.90. The van der Waals surface area contributed by atoms with Crippen molar-refractivity contribution in [1.29, 1.82) is 0 Å². The summed E-state index contributed by atoms with van der Waals surface area (Å²) in [5, 5.41) is 4.15. The Kier molecular flexibility index (Phi) is 2.70. The van der Waals surface area contributed by atoms with Crippen LogP contribution < -0.4 is 10.5 Å². The number of aromatic nitrogens is 2. The van der Waals surface area contributed by atoms with E-state index in [1.807, 2.05) is 27.0 Å². The van der Waals surface area contributed by atoms with Gasteiger partial charge < -0.3 is 10.5 Å². The van der Waals surface area contributed by atoms with E-state index in [0.29, 0.717) is 6.54 Å². The van der Waals surface area contributed by atoms with Gasteiger partial charge in [-0.3, -0.25) is 0 Å². The van der Waals surface area contributed by atoms with Crippen molar-refractivity contribution in [2.24, 2.45) is 12.8 Å². The van der Waals surface area contributed by atoms with Gasteiger partial charge >= 0.3 is 0 Å². The lowest BCUT2D eigenvalue weighted by atomic mass is 10.4. The van der Waals surface area contributed by atoms with E-state index in [0.717, 1.165) is 11.6 Å². The molecule has 0 fully saturated rings. The van der Waals surface area contributed by atoms with Gasteiger partial charge in [-0.25, -0.2) is 4.68 Å². The molecule has 4 nitrogen and oxygen atoms in total. The summed E-state index contributed by atoms with van der Waals surface area (Å²) in [4.78, 5) is 0. The largest absolute Gasteiger partial charge is 0.473 e. The highest BCUT2D eigenvalue weighted by atomic mass is 16.5. The van der Waals surface area contributed by atoms with Crippen molar-refractivity contribution in [3.63, 3.8) is 0 Å². The van der Waals surface area contributed by atoms with Crippen LogP contribution in [0.4, 0.5) is 0 Å². The zero-order valence-electron chi connectivity index (χ0n) is 7.74. The Hall–Kier alpha value is -1.03. The summed E-state index contributed by atoms with van der Waals surface area (Å²) >= 11 is 0. The Balaban J connectivity index is 2.68. The number of aryl methyl sites for hydroxylation is 2. The van der Waals surface area contributed by atoms with Gasteiger partial charge in [0, 0.05) is 19.7 Å². The zero-order chi connectivity index (χ0) is 9.14. The predicted octanol–water partition coefficient (Wildman–Crippen LogP) is 0.455. The van der Waals surface area contributed by atoms with Gasteiger partial charge in [0.25, 0.3) is 0 Å². The summed E-state index contributed by atoms with van der Waals surface area (Å²) < 4.78 is 7.20. The van der Waals surface area contributed by atoms with Crippen LogP contribution in [-0.2, 0) is 7.05 Å². The topological polar surface area (TPSA) is 53.1 Å². The molecule has 2 N–H and O–H groups in total. The van der Waals surface area contributed by atoms with Crippen molar-refractivity contribution < 1.29 is 4.74 Å². The first-order chi connectivity index (χ1) is 5.63.